The van der Waals surface area contributed by atoms with Crippen LogP contribution in [-0.4, -0.2) is 46.7 Å². The highest BCUT2D eigenvalue weighted by atomic mass is 16.7. The molecule has 3 saturated carbocycles. The maximum atomic E-state index is 12.9. The van der Waals surface area contributed by atoms with E-state index in [1.807, 2.05) is 6.92 Å². The van der Waals surface area contributed by atoms with E-state index in [0.29, 0.717) is 30.1 Å². The Balaban J connectivity index is 1.46. The Morgan fingerprint density at radius 3 is 2.49 bits per heavy atom. The molecular weight excluding hydrogens is 464 g/mol. The number of aliphatic hydroxyl groups excluding tert-OH is 1. The van der Waals surface area contributed by atoms with Crippen molar-refractivity contribution in [3.05, 3.63) is 11.6 Å². The number of allylic oxidation sites excluding steroid dienone is 2. The highest BCUT2D eigenvalue weighted by molar-refractivity contribution is 5.85. The van der Waals surface area contributed by atoms with Crippen molar-refractivity contribution < 1.29 is 24.5 Å². The van der Waals surface area contributed by atoms with E-state index in [-0.39, 0.29) is 33.9 Å². The standard InChI is InChI=1S/C32H52O5/c1-9-36-27-19(18-23(37-27)26(34)29(4,5)35)20-12-16-32(8)22-10-11-24-28(2,3)25(33)14-15-30(24,6)21(22)13-17-31(20,32)7/h10,19-21,23-24,26-27,34-35H,9,11-18H2,1-8H3/t19-,20+,21+,23-,24+,26+,27-,30-,31+,32-/m1/s1. The summed E-state index contributed by atoms with van der Waals surface area (Å²) in [5, 5.41) is 21.4. The Kier molecular flexibility index (Phi) is 6.67. The second-order valence-electron chi connectivity index (χ2n) is 15.1. The lowest BCUT2D eigenvalue weighted by molar-refractivity contribution is -0.193. The Hall–Kier alpha value is -0.750. The summed E-state index contributed by atoms with van der Waals surface area (Å²) < 4.78 is 12.5. The van der Waals surface area contributed by atoms with Crippen molar-refractivity contribution in [3.63, 3.8) is 0 Å². The molecule has 1 heterocycles. The van der Waals surface area contributed by atoms with Gasteiger partial charge in [0.25, 0.3) is 0 Å². The number of carbonyl (C=O) groups is 1. The molecule has 5 nitrogen and oxygen atoms in total. The van der Waals surface area contributed by atoms with E-state index in [9.17, 15) is 15.0 Å². The van der Waals surface area contributed by atoms with E-state index in [4.69, 9.17) is 9.47 Å². The molecule has 5 aliphatic rings. The van der Waals surface area contributed by atoms with Crippen LogP contribution in [0.5, 0.6) is 0 Å². The molecule has 37 heavy (non-hydrogen) atoms. The van der Waals surface area contributed by atoms with E-state index in [1.54, 1.807) is 19.4 Å². The van der Waals surface area contributed by atoms with Crippen LogP contribution < -0.4 is 0 Å². The molecule has 4 fully saturated rings. The minimum atomic E-state index is -1.21. The fraction of sp³-hybridized carbons (Fsp3) is 0.906. The van der Waals surface area contributed by atoms with Gasteiger partial charge in [-0.05, 0) is 99.7 Å². The van der Waals surface area contributed by atoms with Crippen LogP contribution in [0.15, 0.2) is 11.6 Å². The van der Waals surface area contributed by atoms with Crippen LogP contribution >= 0.6 is 0 Å². The van der Waals surface area contributed by atoms with Gasteiger partial charge in [0.1, 0.15) is 11.9 Å². The lowest BCUT2D eigenvalue weighted by Crippen LogP contribution is -2.57. The molecule has 0 aromatic heterocycles. The highest BCUT2D eigenvalue weighted by Crippen LogP contribution is 2.73. The summed E-state index contributed by atoms with van der Waals surface area (Å²) in [5.41, 5.74) is 0.678. The minimum absolute atomic E-state index is 0.129. The quantitative estimate of drug-likeness (QED) is 0.435. The van der Waals surface area contributed by atoms with Crippen molar-refractivity contribution in [2.24, 2.45) is 45.3 Å². The van der Waals surface area contributed by atoms with Crippen LogP contribution in [0.1, 0.15) is 107 Å². The monoisotopic (exact) mass is 516 g/mol. The van der Waals surface area contributed by atoms with Crippen LogP contribution in [0.2, 0.25) is 0 Å². The summed E-state index contributed by atoms with van der Waals surface area (Å²) in [5.74, 6) is 2.09. The number of ether oxygens (including phenoxy) is 2. The lowest BCUT2D eigenvalue weighted by atomic mass is 9.41. The zero-order chi connectivity index (χ0) is 27.2. The third kappa shape index (κ3) is 3.88. The van der Waals surface area contributed by atoms with Crippen molar-refractivity contribution in [1.29, 1.82) is 0 Å². The summed E-state index contributed by atoms with van der Waals surface area (Å²) in [6.45, 7) is 17.8. The van der Waals surface area contributed by atoms with Crippen LogP contribution in [-0.2, 0) is 14.3 Å². The van der Waals surface area contributed by atoms with Crippen molar-refractivity contribution in [2.45, 2.75) is 131 Å². The summed E-state index contributed by atoms with van der Waals surface area (Å²) in [6, 6.07) is 0. The molecule has 0 aromatic carbocycles. The number of Topliss-reactive ketones (excluding diaryl/α,β-unsaturated/α-hetero) is 1. The molecule has 4 aliphatic carbocycles. The first kappa shape index (κ1) is 27.8. The van der Waals surface area contributed by atoms with Crippen LogP contribution in [0, 0.1) is 45.3 Å². The fourth-order valence-corrected chi connectivity index (χ4v) is 10.3. The fourth-order valence-electron chi connectivity index (χ4n) is 10.3. The van der Waals surface area contributed by atoms with Gasteiger partial charge in [-0.2, -0.15) is 0 Å². The zero-order valence-corrected chi connectivity index (χ0v) is 24.6. The van der Waals surface area contributed by atoms with Gasteiger partial charge in [0.15, 0.2) is 6.29 Å². The van der Waals surface area contributed by atoms with Gasteiger partial charge < -0.3 is 19.7 Å². The van der Waals surface area contributed by atoms with Crippen LogP contribution in [0.4, 0.5) is 0 Å². The predicted octanol–water partition coefficient (Wildman–Crippen LogP) is 6.06. The van der Waals surface area contributed by atoms with E-state index in [1.165, 1.54) is 19.3 Å². The largest absolute Gasteiger partial charge is 0.388 e. The summed E-state index contributed by atoms with van der Waals surface area (Å²) in [4.78, 5) is 12.9. The lowest BCUT2D eigenvalue weighted by Gasteiger charge is -2.63. The van der Waals surface area contributed by atoms with Crippen LogP contribution in [0.3, 0.4) is 0 Å². The molecule has 1 saturated heterocycles. The molecule has 10 atom stereocenters. The van der Waals surface area contributed by atoms with Gasteiger partial charge in [-0.25, -0.2) is 0 Å². The SMILES string of the molecule is CCO[C@@H]1O[C@@H]([C@H](O)C(C)(C)O)C[C@@H]1[C@@H]1CC[C@]2(C)C3=CC[C@H]4C(C)(C)C(=O)CC[C@]4(C)[C@H]3CC[C@@]12C. The average Bonchev–Trinajstić information content (AvgIpc) is 3.34. The molecule has 0 amide bonds. The Morgan fingerprint density at radius 1 is 1.14 bits per heavy atom. The van der Waals surface area contributed by atoms with Gasteiger partial charge in [-0.1, -0.05) is 46.3 Å². The van der Waals surface area contributed by atoms with Crippen molar-refractivity contribution >= 4 is 5.78 Å². The van der Waals surface area contributed by atoms with Crippen molar-refractivity contribution in [3.8, 4) is 0 Å². The van der Waals surface area contributed by atoms with E-state index in [0.717, 1.165) is 32.1 Å². The van der Waals surface area contributed by atoms with E-state index >= 15 is 0 Å². The molecule has 1 aliphatic heterocycles. The molecule has 0 spiro atoms. The normalized spacial score (nSPS) is 48.2. The third-order valence-corrected chi connectivity index (χ3v) is 12.7. The van der Waals surface area contributed by atoms with Gasteiger partial charge in [-0.3, -0.25) is 4.79 Å². The third-order valence-electron chi connectivity index (χ3n) is 12.7. The number of fused-ring (bicyclic) bond motifs is 5. The van der Waals surface area contributed by atoms with Gasteiger partial charge in [0.2, 0.25) is 0 Å². The second-order valence-corrected chi connectivity index (χ2v) is 15.1. The summed E-state index contributed by atoms with van der Waals surface area (Å²) >= 11 is 0. The molecule has 0 aromatic rings. The number of aliphatic hydroxyl groups is 2. The molecule has 2 N–H and O–H groups in total. The molecule has 0 unspecified atom stereocenters. The molecule has 5 heteroatoms. The Bertz CT molecular complexity index is 947. The second kappa shape index (κ2) is 8.88. The number of hydrogen-bond donors (Lipinski definition) is 2. The number of hydrogen-bond acceptors (Lipinski definition) is 5. The first-order valence-corrected chi connectivity index (χ1v) is 15.0. The van der Waals surface area contributed by atoms with Gasteiger partial charge in [0.05, 0.1) is 11.7 Å². The summed E-state index contributed by atoms with van der Waals surface area (Å²) in [7, 11) is 0. The zero-order valence-electron chi connectivity index (χ0n) is 24.6. The molecule has 0 radical (unpaired) electrons. The van der Waals surface area contributed by atoms with Crippen LogP contribution in [0.25, 0.3) is 0 Å². The van der Waals surface area contributed by atoms with E-state index < -0.39 is 17.8 Å². The molecular formula is C32H52O5. The smallest absolute Gasteiger partial charge is 0.161 e. The highest BCUT2D eigenvalue weighted by Gasteiger charge is 2.66. The number of ketones is 1. The van der Waals surface area contributed by atoms with Gasteiger partial charge >= 0.3 is 0 Å². The number of rotatable bonds is 5. The maximum Gasteiger partial charge on any atom is 0.161 e. The maximum absolute atomic E-state index is 12.9. The first-order valence-electron chi connectivity index (χ1n) is 15.0. The molecule has 5 rings (SSSR count). The molecule has 210 valence electrons. The predicted molar refractivity (Wildman–Crippen MR) is 145 cm³/mol. The first-order chi connectivity index (χ1) is 17.1. The number of carbonyl (C=O) groups excluding carboxylic acids is 1. The molecule has 0 bridgehead atoms. The Labute approximate surface area is 224 Å². The van der Waals surface area contributed by atoms with Crippen molar-refractivity contribution in [1.82, 2.24) is 0 Å². The van der Waals surface area contributed by atoms with Gasteiger partial charge in [-0.15, -0.1) is 0 Å². The van der Waals surface area contributed by atoms with E-state index in [2.05, 4.69) is 40.7 Å². The summed E-state index contributed by atoms with van der Waals surface area (Å²) in [6.07, 6.45) is 9.07. The van der Waals surface area contributed by atoms with Crippen molar-refractivity contribution in [2.75, 3.05) is 6.61 Å². The van der Waals surface area contributed by atoms with Gasteiger partial charge in [0, 0.05) is 24.4 Å². The minimum Gasteiger partial charge on any atom is -0.388 e. The topological polar surface area (TPSA) is 76.0 Å². The average molecular weight is 517 g/mol. The Morgan fingerprint density at radius 2 is 1.84 bits per heavy atom.